The van der Waals surface area contributed by atoms with E-state index in [2.05, 4.69) is 4.98 Å². The molecular formula is C13H14ClN3O. The van der Waals surface area contributed by atoms with Crippen LogP contribution in [0.3, 0.4) is 0 Å². The minimum Gasteiger partial charge on any atom is -0.365 e. The van der Waals surface area contributed by atoms with Gasteiger partial charge >= 0.3 is 0 Å². The maximum atomic E-state index is 11.0. The Morgan fingerprint density at radius 1 is 1.50 bits per heavy atom. The second kappa shape index (κ2) is 5.23. The third-order valence-electron chi connectivity index (χ3n) is 2.83. The molecule has 0 aliphatic heterocycles. The van der Waals surface area contributed by atoms with Crippen molar-refractivity contribution in [1.29, 1.82) is 0 Å². The summed E-state index contributed by atoms with van der Waals surface area (Å²) in [5.41, 5.74) is 1.32. The number of para-hydroxylation sites is 1. The van der Waals surface area contributed by atoms with Crippen LogP contribution in [0, 0.1) is 0 Å². The number of aryl methyl sites for hydroxylation is 1. The fraction of sp³-hybridized carbons (Fsp3) is 0.231. The van der Waals surface area contributed by atoms with E-state index in [0.29, 0.717) is 17.1 Å². The van der Waals surface area contributed by atoms with E-state index in [1.54, 1.807) is 24.4 Å². The smallest absolute Gasteiger partial charge is 0.152 e. The summed E-state index contributed by atoms with van der Waals surface area (Å²) in [7, 11) is 3.83. The van der Waals surface area contributed by atoms with Gasteiger partial charge < -0.3 is 9.47 Å². The highest BCUT2D eigenvalue weighted by Gasteiger charge is 2.13. The van der Waals surface area contributed by atoms with Gasteiger partial charge in [-0.25, -0.2) is 4.98 Å². The average molecular weight is 264 g/mol. The van der Waals surface area contributed by atoms with Crippen LogP contribution in [-0.2, 0) is 13.6 Å². The van der Waals surface area contributed by atoms with E-state index in [1.165, 1.54) is 0 Å². The van der Waals surface area contributed by atoms with Gasteiger partial charge in [0.05, 0.1) is 17.3 Å². The number of hydrogen-bond donors (Lipinski definition) is 0. The molecule has 1 aromatic heterocycles. The van der Waals surface area contributed by atoms with Crippen LogP contribution in [-0.4, -0.2) is 22.9 Å². The lowest BCUT2D eigenvalue weighted by Gasteiger charge is -2.21. The van der Waals surface area contributed by atoms with Gasteiger partial charge in [0.1, 0.15) is 5.82 Å². The van der Waals surface area contributed by atoms with Crippen LogP contribution >= 0.6 is 11.6 Å². The number of aromatic nitrogens is 2. The number of hydrogen-bond acceptors (Lipinski definition) is 3. The van der Waals surface area contributed by atoms with Gasteiger partial charge in [-0.2, -0.15) is 0 Å². The van der Waals surface area contributed by atoms with Gasteiger partial charge in [0.2, 0.25) is 0 Å². The standard InChI is InChI=1S/C13H14ClN3O/c1-16-7-6-15-12(16)8-17(2)13-10(9-18)4-3-5-11(13)14/h3-7,9H,8H2,1-2H3. The Morgan fingerprint density at radius 3 is 2.89 bits per heavy atom. The van der Waals surface area contributed by atoms with Gasteiger partial charge in [0.25, 0.3) is 0 Å². The second-order valence-electron chi connectivity index (χ2n) is 4.11. The molecule has 0 fully saturated rings. The largest absolute Gasteiger partial charge is 0.365 e. The zero-order chi connectivity index (χ0) is 13.1. The van der Waals surface area contributed by atoms with E-state index >= 15 is 0 Å². The van der Waals surface area contributed by atoms with E-state index < -0.39 is 0 Å². The average Bonchev–Trinajstić information content (AvgIpc) is 2.74. The lowest BCUT2D eigenvalue weighted by Crippen LogP contribution is -2.20. The Bertz CT molecular complexity index is 565. The molecule has 0 aliphatic rings. The normalized spacial score (nSPS) is 10.4. The maximum absolute atomic E-state index is 11.0. The number of imidazole rings is 1. The fourth-order valence-corrected chi connectivity index (χ4v) is 2.20. The van der Waals surface area contributed by atoms with Crippen molar-refractivity contribution in [1.82, 2.24) is 9.55 Å². The minimum atomic E-state index is 0.566. The summed E-state index contributed by atoms with van der Waals surface area (Å²) in [5, 5.41) is 0.566. The fourth-order valence-electron chi connectivity index (χ4n) is 1.87. The number of carbonyl (C=O) groups is 1. The Kier molecular flexibility index (Phi) is 3.67. The molecule has 2 rings (SSSR count). The molecule has 0 aliphatic carbocycles. The van der Waals surface area contributed by atoms with Crippen molar-refractivity contribution in [2.24, 2.45) is 7.05 Å². The molecule has 4 nitrogen and oxygen atoms in total. The van der Waals surface area contributed by atoms with E-state index in [9.17, 15) is 4.79 Å². The van der Waals surface area contributed by atoms with E-state index in [-0.39, 0.29) is 0 Å². The lowest BCUT2D eigenvalue weighted by atomic mass is 10.2. The summed E-state index contributed by atoms with van der Waals surface area (Å²) >= 11 is 6.16. The van der Waals surface area contributed by atoms with Crippen LogP contribution in [0.5, 0.6) is 0 Å². The molecule has 0 amide bonds. The number of carbonyl (C=O) groups excluding carboxylic acids is 1. The molecule has 0 saturated heterocycles. The van der Waals surface area contributed by atoms with Crippen molar-refractivity contribution in [3.05, 3.63) is 47.0 Å². The topological polar surface area (TPSA) is 38.1 Å². The van der Waals surface area contributed by atoms with E-state index in [0.717, 1.165) is 17.8 Å². The monoisotopic (exact) mass is 263 g/mol. The van der Waals surface area contributed by atoms with Crippen LogP contribution < -0.4 is 4.90 Å². The van der Waals surface area contributed by atoms with Crippen LogP contribution in [0.15, 0.2) is 30.6 Å². The number of anilines is 1. The van der Waals surface area contributed by atoms with Crippen molar-refractivity contribution in [3.63, 3.8) is 0 Å². The summed E-state index contributed by atoms with van der Waals surface area (Å²) in [6, 6.07) is 5.30. The SMILES string of the molecule is CN(Cc1nccn1C)c1c(Cl)cccc1C=O. The Morgan fingerprint density at radius 2 is 2.28 bits per heavy atom. The highest BCUT2D eigenvalue weighted by Crippen LogP contribution is 2.28. The zero-order valence-electron chi connectivity index (χ0n) is 10.3. The minimum absolute atomic E-state index is 0.566. The van der Waals surface area contributed by atoms with Gasteiger partial charge in [0.15, 0.2) is 6.29 Å². The van der Waals surface area contributed by atoms with Crippen molar-refractivity contribution in [3.8, 4) is 0 Å². The molecule has 18 heavy (non-hydrogen) atoms. The summed E-state index contributed by atoms with van der Waals surface area (Å²) < 4.78 is 1.94. The second-order valence-corrected chi connectivity index (χ2v) is 4.51. The van der Waals surface area contributed by atoms with Gasteiger partial charge in [-0.15, -0.1) is 0 Å². The lowest BCUT2D eigenvalue weighted by molar-refractivity contribution is 0.112. The van der Waals surface area contributed by atoms with Crippen LogP contribution in [0.4, 0.5) is 5.69 Å². The van der Waals surface area contributed by atoms with E-state index in [4.69, 9.17) is 11.6 Å². The number of aldehydes is 1. The molecule has 0 atom stereocenters. The van der Waals surface area contributed by atoms with Crippen LogP contribution in [0.2, 0.25) is 5.02 Å². The van der Waals surface area contributed by atoms with Crippen LogP contribution in [0.1, 0.15) is 16.2 Å². The molecule has 5 heteroatoms. The molecule has 2 aromatic rings. The first-order valence-electron chi connectivity index (χ1n) is 5.54. The third kappa shape index (κ3) is 2.38. The molecule has 0 unspecified atom stereocenters. The van der Waals surface area contributed by atoms with Crippen molar-refractivity contribution >= 4 is 23.6 Å². The van der Waals surface area contributed by atoms with E-state index in [1.807, 2.05) is 29.8 Å². The number of nitrogens with zero attached hydrogens (tertiary/aromatic N) is 3. The van der Waals surface area contributed by atoms with Gasteiger partial charge in [-0.1, -0.05) is 17.7 Å². The summed E-state index contributed by atoms with van der Waals surface area (Å²) in [6.45, 7) is 0.591. The highest BCUT2D eigenvalue weighted by atomic mass is 35.5. The number of rotatable bonds is 4. The zero-order valence-corrected chi connectivity index (χ0v) is 11.1. The van der Waals surface area contributed by atoms with Gasteiger partial charge in [-0.3, -0.25) is 4.79 Å². The first kappa shape index (κ1) is 12.6. The van der Waals surface area contributed by atoms with Gasteiger partial charge in [0, 0.05) is 32.1 Å². The Labute approximate surface area is 111 Å². The predicted molar refractivity (Wildman–Crippen MR) is 72.2 cm³/mol. The van der Waals surface area contributed by atoms with Gasteiger partial charge in [-0.05, 0) is 12.1 Å². The Hall–Kier alpha value is -1.81. The first-order chi connectivity index (χ1) is 8.63. The molecule has 1 aromatic carbocycles. The molecule has 0 N–H and O–H groups in total. The van der Waals surface area contributed by atoms with Crippen molar-refractivity contribution in [2.45, 2.75) is 6.54 Å². The molecule has 1 heterocycles. The third-order valence-corrected chi connectivity index (χ3v) is 3.13. The first-order valence-corrected chi connectivity index (χ1v) is 5.92. The summed E-state index contributed by atoms with van der Waals surface area (Å²) in [6.07, 6.45) is 4.45. The van der Waals surface area contributed by atoms with Crippen LogP contribution in [0.25, 0.3) is 0 Å². The summed E-state index contributed by atoms with van der Waals surface area (Å²) in [5.74, 6) is 0.911. The molecule has 0 bridgehead atoms. The molecule has 94 valence electrons. The van der Waals surface area contributed by atoms with Crippen molar-refractivity contribution < 1.29 is 4.79 Å². The highest BCUT2D eigenvalue weighted by molar-refractivity contribution is 6.33. The molecule has 0 radical (unpaired) electrons. The Balaban J connectivity index is 2.31. The number of halogens is 1. The maximum Gasteiger partial charge on any atom is 0.152 e. The quantitative estimate of drug-likeness (QED) is 0.796. The number of benzene rings is 1. The molecule has 0 saturated carbocycles. The summed E-state index contributed by atoms with van der Waals surface area (Å²) in [4.78, 5) is 17.2. The molecule has 0 spiro atoms. The van der Waals surface area contributed by atoms with Crippen molar-refractivity contribution in [2.75, 3.05) is 11.9 Å². The molecular weight excluding hydrogens is 250 g/mol. The predicted octanol–water partition coefficient (Wildman–Crippen LogP) is 2.52.